The molecule has 3 aromatic rings. The van der Waals surface area contributed by atoms with Gasteiger partial charge < -0.3 is 23.7 Å². The molecule has 1 aromatic heterocycles. The normalized spacial score (nSPS) is 15.7. The minimum absolute atomic E-state index is 0.00780. The van der Waals surface area contributed by atoms with E-state index in [1.807, 2.05) is 19.1 Å². The third-order valence-electron chi connectivity index (χ3n) is 5.58. The molecular weight excluding hydrogens is 426 g/mol. The number of ether oxygens (including phenoxy) is 3. The lowest BCUT2D eigenvalue weighted by Crippen LogP contribution is -2.31. The molecule has 0 spiro atoms. The van der Waals surface area contributed by atoms with Gasteiger partial charge in [-0.3, -0.25) is 14.5 Å². The highest BCUT2D eigenvalue weighted by Crippen LogP contribution is 2.47. The molecule has 1 aliphatic rings. The first-order valence-corrected chi connectivity index (χ1v) is 10.1. The molecule has 0 saturated heterocycles. The Bertz CT molecular complexity index is 1220. The summed E-state index contributed by atoms with van der Waals surface area (Å²) in [6.45, 7) is 1.85. The number of hydrogen-bond donors (Lipinski definition) is 1. The maximum atomic E-state index is 13.4. The van der Waals surface area contributed by atoms with Crippen molar-refractivity contribution < 1.29 is 33.3 Å². The van der Waals surface area contributed by atoms with Crippen LogP contribution in [0, 0.1) is 6.92 Å². The highest BCUT2D eigenvalue weighted by molar-refractivity contribution is 6.20. The van der Waals surface area contributed by atoms with Gasteiger partial charge in [0.15, 0.2) is 23.0 Å². The van der Waals surface area contributed by atoms with Crippen molar-refractivity contribution in [3.05, 3.63) is 83.0 Å². The van der Waals surface area contributed by atoms with Gasteiger partial charge >= 0.3 is 0 Å². The van der Waals surface area contributed by atoms with Crippen LogP contribution in [0.3, 0.4) is 0 Å². The van der Waals surface area contributed by atoms with E-state index < -0.39 is 23.5 Å². The van der Waals surface area contributed by atoms with E-state index in [0.717, 1.165) is 5.56 Å². The molecular formula is C25H23NO7. The SMILES string of the molecule is COc1cc(C2C(C(=O)c3ccco3)=C(O)C(=O)N2c2ccccc2C)cc(OC)c1OC. The van der Waals surface area contributed by atoms with Crippen LogP contribution in [0.5, 0.6) is 17.2 Å². The van der Waals surface area contributed by atoms with E-state index in [4.69, 9.17) is 18.6 Å². The zero-order valence-electron chi connectivity index (χ0n) is 18.6. The Morgan fingerprint density at radius 1 is 1.00 bits per heavy atom. The van der Waals surface area contributed by atoms with Crippen LogP contribution in [0.15, 0.2) is 70.5 Å². The van der Waals surface area contributed by atoms with Crippen LogP contribution < -0.4 is 19.1 Å². The fourth-order valence-electron chi connectivity index (χ4n) is 4.03. The molecule has 8 nitrogen and oxygen atoms in total. The van der Waals surface area contributed by atoms with E-state index in [1.54, 1.807) is 30.3 Å². The maximum absolute atomic E-state index is 13.4. The molecule has 33 heavy (non-hydrogen) atoms. The summed E-state index contributed by atoms with van der Waals surface area (Å²) in [6, 6.07) is 12.6. The Hall–Kier alpha value is -4.20. The van der Waals surface area contributed by atoms with E-state index in [0.29, 0.717) is 28.5 Å². The number of carbonyl (C=O) groups excluding carboxylic acids is 2. The molecule has 4 rings (SSSR count). The van der Waals surface area contributed by atoms with Gasteiger partial charge in [0, 0.05) is 5.69 Å². The molecule has 2 heterocycles. The molecule has 1 aliphatic heterocycles. The van der Waals surface area contributed by atoms with Crippen LogP contribution in [0.1, 0.15) is 27.7 Å². The molecule has 0 bridgehead atoms. The number of methoxy groups -OCH3 is 3. The summed E-state index contributed by atoms with van der Waals surface area (Å²) in [5.74, 6) is -0.867. The molecule has 1 amide bonds. The summed E-state index contributed by atoms with van der Waals surface area (Å²) >= 11 is 0. The second kappa shape index (κ2) is 8.74. The lowest BCUT2D eigenvalue weighted by Gasteiger charge is -2.29. The van der Waals surface area contributed by atoms with Gasteiger partial charge in [0.2, 0.25) is 11.5 Å². The van der Waals surface area contributed by atoms with Gasteiger partial charge in [-0.2, -0.15) is 0 Å². The molecule has 1 unspecified atom stereocenters. The number of amides is 1. The number of hydrogen-bond acceptors (Lipinski definition) is 7. The Labute approximate surface area is 190 Å². The Morgan fingerprint density at radius 3 is 2.21 bits per heavy atom. The second-order valence-electron chi connectivity index (χ2n) is 7.39. The number of furan rings is 1. The summed E-state index contributed by atoms with van der Waals surface area (Å²) < 4.78 is 21.6. The van der Waals surface area contributed by atoms with E-state index in [1.165, 1.54) is 38.6 Å². The fourth-order valence-corrected chi connectivity index (χ4v) is 4.03. The first-order chi connectivity index (χ1) is 15.9. The minimum atomic E-state index is -0.968. The Balaban J connectivity index is 1.98. The van der Waals surface area contributed by atoms with Crippen molar-refractivity contribution in [3.63, 3.8) is 0 Å². The maximum Gasteiger partial charge on any atom is 0.294 e. The smallest absolute Gasteiger partial charge is 0.294 e. The van der Waals surface area contributed by atoms with Crippen molar-refractivity contribution in [1.29, 1.82) is 0 Å². The van der Waals surface area contributed by atoms with Gasteiger partial charge in [0.05, 0.1) is 39.2 Å². The number of para-hydroxylation sites is 1. The molecule has 170 valence electrons. The number of anilines is 1. The number of Topliss-reactive ketones (excluding diaryl/α,β-unsaturated/α-hetero) is 1. The Kier molecular flexibility index (Phi) is 5.83. The summed E-state index contributed by atoms with van der Waals surface area (Å²) in [5, 5.41) is 10.9. The molecule has 8 heteroatoms. The first-order valence-electron chi connectivity index (χ1n) is 10.1. The zero-order valence-corrected chi connectivity index (χ0v) is 18.6. The molecule has 2 aromatic carbocycles. The summed E-state index contributed by atoms with van der Waals surface area (Å²) in [4.78, 5) is 28.1. The van der Waals surface area contributed by atoms with Crippen LogP contribution in [-0.2, 0) is 4.79 Å². The predicted molar refractivity (Wildman–Crippen MR) is 120 cm³/mol. The summed E-state index contributed by atoms with van der Waals surface area (Å²) in [6.07, 6.45) is 1.36. The number of benzene rings is 2. The van der Waals surface area contributed by atoms with Crippen molar-refractivity contribution in [2.24, 2.45) is 0 Å². The standard InChI is InChI=1S/C25H23NO7/c1-14-8-5-6-9-16(14)26-21(15-12-18(30-2)24(32-4)19(13-15)31-3)20(23(28)25(26)29)22(27)17-10-7-11-33-17/h5-13,21,28H,1-4H3. The lowest BCUT2D eigenvalue weighted by atomic mass is 9.94. The Morgan fingerprint density at radius 2 is 1.67 bits per heavy atom. The fraction of sp³-hybridized carbons (Fsp3) is 0.200. The van der Waals surface area contributed by atoms with Gasteiger partial charge in [-0.15, -0.1) is 0 Å². The molecule has 0 radical (unpaired) electrons. The zero-order chi connectivity index (χ0) is 23.7. The van der Waals surface area contributed by atoms with Gasteiger partial charge in [-0.05, 0) is 48.4 Å². The van der Waals surface area contributed by atoms with E-state index >= 15 is 0 Å². The van der Waals surface area contributed by atoms with Crippen molar-refractivity contribution >= 4 is 17.4 Å². The topological polar surface area (TPSA) is 98.4 Å². The average Bonchev–Trinajstić information content (AvgIpc) is 3.45. The summed E-state index contributed by atoms with van der Waals surface area (Å²) in [7, 11) is 4.43. The van der Waals surface area contributed by atoms with Crippen LogP contribution in [0.2, 0.25) is 0 Å². The van der Waals surface area contributed by atoms with Crippen LogP contribution in [0.4, 0.5) is 5.69 Å². The van der Waals surface area contributed by atoms with Gasteiger partial charge in [-0.1, -0.05) is 18.2 Å². The van der Waals surface area contributed by atoms with E-state index in [2.05, 4.69) is 0 Å². The third kappa shape index (κ3) is 3.59. The number of rotatable bonds is 7. The first kappa shape index (κ1) is 22.0. The minimum Gasteiger partial charge on any atom is -0.503 e. The molecule has 1 atom stereocenters. The lowest BCUT2D eigenvalue weighted by molar-refractivity contribution is -0.117. The number of nitrogens with zero attached hydrogens (tertiary/aromatic N) is 1. The van der Waals surface area contributed by atoms with Crippen LogP contribution in [0.25, 0.3) is 0 Å². The molecule has 0 saturated carbocycles. The quantitative estimate of drug-likeness (QED) is 0.534. The number of carbonyl (C=O) groups is 2. The number of ketones is 1. The number of aliphatic hydroxyl groups excluding tert-OH is 1. The van der Waals surface area contributed by atoms with E-state index in [9.17, 15) is 14.7 Å². The highest BCUT2D eigenvalue weighted by Gasteiger charge is 2.46. The van der Waals surface area contributed by atoms with Crippen molar-refractivity contribution in [2.75, 3.05) is 26.2 Å². The van der Waals surface area contributed by atoms with Crippen LogP contribution >= 0.6 is 0 Å². The van der Waals surface area contributed by atoms with Gasteiger partial charge in [0.1, 0.15) is 0 Å². The van der Waals surface area contributed by atoms with Crippen molar-refractivity contribution in [1.82, 2.24) is 0 Å². The molecule has 1 N–H and O–H groups in total. The number of aliphatic hydroxyl groups is 1. The van der Waals surface area contributed by atoms with E-state index in [-0.39, 0.29) is 11.3 Å². The van der Waals surface area contributed by atoms with Gasteiger partial charge in [0.25, 0.3) is 5.91 Å². The van der Waals surface area contributed by atoms with Crippen LogP contribution in [-0.4, -0.2) is 38.1 Å². The largest absolute Gasteiger partial charge is 0.503 e. The third-order valence-corrected chi connectivity index (χ3v) is 5.58. The summed E-state index contributed by atoms with van der Waals surface area (Å²) in [5.41, 5.74) is 1.73. The van der Waals surface area contributed by atoms with Crippen molar-refractivity contribution in [2.45, 2.75) is 13.0 Å². The second-order valence-corrected chi connectivity index (χ2v) is 7.39. The predicted octanol–water partition coefficient (Wildman–Crippen LogP) is 4.40. The molecule has 0 aliphatic carbocycles. The number of aryl methyl sites for hydroxylation is 1. The highest BCUT2D eigenvalue weighted by atomic mass is 16.5. The van der Waals surface area contributed by atoms with Crippen molar-refractivity contribution in [3.8, 4) is 17.2 Å². The average molecular weight is 449 g/mol. The van der Waals surface area contributed by atoms with Gasteiger partial charge in [-0.25, -0.2) is 0 Å². The monoisotopic (exact) mass is 449 g/mol. The molecule has 0 fully saturated rings.